The number of carbonyl (C=O) groups excluding carboxylic acids is 1. The van der Waals surface area contributed by atoms with Crippen LogP contribution in [-0.2, 0) is 16.8 Å². The van der Waals surface area contributed by atoms with Gasteiger partial charge in [0.25, 0.3) is 0 Å². The van der Waals surface area contributed by atoms with Gasteiger partial charge in [-0.2, -0.15) is 0 Å². The maximum absolute atomic E-state index is 13.6. The van der Waals surface area contributed by atoms with Gasteiger partial charge in [-0.15, -0.1) is 0 Å². The molecule has 1 aliphatic carbocycles. The molecule has 6 heteroatoms. The highest BCUT2D eigenvalue weighted by Gasteiger charge is 2.53. The van der Waals surface area contributed by atoms with Crippen molar-refractivity contribution in [2.45, 2.75) is 30.7 Å². The van der Waals surface area contributed by atoms with Crippen LogP contribution in [0.25, 0.3) is 0 Å². The number of fused-ring (bicyclic) bond motifs is 1. The summed E-state index contributed by atoms with van der Waals surface area (Å²) in [5.41, 5.74) is 3.46. The largest absolute Gasteiger partial charge is 0.508 e. The van der Waals surface area contributed by atoms with E-state index in [-0.39, 0.29) is 17.6 Å². The number of carbonyl (C=O) groups is 1. The van der Waals surface area contributed by atoms with Gasteiger partial charge in [0.1, 0.15) is 5.75 Å². The normalized spacial score (nSPS) is 19.9. The molecule has 2 heterocycles. The number of phenolic OH excluding ortho intramolecular Hbond substituents is 1. The van der Waals surface area contributed by atoms with Gasteiger partial charge in [0.05, 0.1) is 29.7 Å². The Balaban J connectivity index is 1.48. The van der Waals surface area contributed by atoms with E-state index in [9.17, 15) is 9.90 Å². The Morgan fingerprint density at radius 3 is 2.71 bits per heavy atom. The number of rotatable bonds is 3. The zero-order valence-electron chi connectivity index (χ0n) is 15.2. The number of aromatic hydroxyl groups is 1. The maximum Gasteiger partial charge on any atom is 0.233 e. The number of nitrogens with one attached hydrogen (secondary N) is 1. The highest BCUT2D eigenvalue weighted by molar-refractivity contribution is 6.30. The second-order valence-electron chi connectivity index (χ2n) is 7.69. The predicted molar refractivity (Wildman–Crippen MR) is 106 cm³/mol. The van der Waals surface area contributed by atoms with E-state index in [1.165, 1.54) is 0 Å². The minimum Gasteiger partial charge on any atom is -0.508 e. The van der Waals surface area contributed by atoms with Crippen molar-refractivity contribution >= 4 is 17.5 Å². The molecule has 1 atom stereocenters. The summed E-state index contributed by atoms with van der Waals surface area (Å²) in [7, 11) is 0. The van der Waals surface area contributed by atoms with Crippen molar-refractivity contribution < 1.29 is 9.90 Å². The number of hydrogen-bond acceptors (Lipinski definition) is 3. The fourth-order valence-corrected chi connectivity index (χ4v) is 4.43. The van der Waals surface area contributed by atoms with Crippen LogP contribution in [0, 0.1) is 0 Å². The first-order chi connectivity index (χ1) is 13.6. The second-order valence-corrected chi connectivity index (χ2v) is 8.13. The number of nitrogens with zero attached hydrogens (tertiary/aromatic N) is 2. The first-order valence-electron chi connectivity index (χ1n) is 9.43. The van der Waals surface area contributed by atoms with Crippen molar-refractivity contribution in [3.63, 3.8) is 0 Å². The Morgan fingerprint density at radius 2 is 2.00 bits per heavy atom. The maximum atomic E-state index is 13.6. The molecule has 1 amide bonds. The number of amides is 1. The molecular formula is C22H20ClN3O2. The predicted octanol–water partition coefficient (Wildman–Crippen LogP) is 3.97. The van der Waals surface area contributed by atoms with Crippen LogP contribution < -0.4 is 0 Å². The van der Waals surface area contributed by atoms with E-state index in [4.69, 9.17) is 11.6 Å². The summed E-state index contributed by atoms with van der Waals surface area (Å²) in [6, 6.07) is 14.8. The van der Waals surface area contributed by atoms with Crippen molar-refractivity contribution in [2.75, 3.05) is 6.54 Å². The summed E-state index contributed by atoms with van der Waals surface area (Å²) in [6.45, 7) is 1.08. The molecule has 2 aliphatic rings. The quantitative estimate of drug-likeness (QED) is 0.707. The Kier molecular flexibility index (Phi) is 3.95. The van der Waals surface area contributed by atoms with E-state index in [2.05, 4.69) is 9.97 Å². The van der Waals surface area contributed by atoms with E-state index in [1.807, 2.05) is 41.3 Å². The molecule has 142 valence electrons. The lowest BCUT2D eigenvalue weighted by Crippen LogP contribution is -2.44. The van der Waals surface area contributed by atoms with Crippen LogP contribution >= 0.6 is 11.6 Å². The van der Waals surface area contributed by atoms with Crippen LogP contribution in [0.15, 0.2) is 54.9 Å². The van der Waals surface area contributed by atoms with Gasteiger partial charge in [-0.1, -0.05) is 35.9 Å². The summed E-state index contributed by atoms with van der Waals surface area (Å²) < 4.78 is 0. The third kappa shape index (κ3) is 2.78. The van der Waals surface area contributed by atoms with E-state index in [0.717, 1.165) is 35.4 Å². The third-order valence-corrected chi connectivity index (χ3v) is 6.20. The number of benzene rings is 2. The molecule has 2 N–H and O–H groups in total. The fraction of sp³-hybridized carbons (Fsp3) is 0.273. The summed E-state index contributed by atoms with van der Waals surface area (Å²) in [5, 5.41) is 10.6. The monoisotopic (exact) mass is 393 g/mol. The highest BCUT2D eigenvalue weighted by Crippen LogP contribution is 2.50. The molecule has 1 aliphatic heterocycles. The third-order valence-electron chi connectivity index (χ3n) is 5.95. The molecule has 1 unspecified atom stereocenters. The van der Waals surface area contributed by atoms with Crippen LogP contribution in [0.3, 0.4) is 0 Å². The van der Waals surface area contributed by atoms with Gasteiger partial charge < -0.3 is 15.0 Å². The highest BCUT2D eigenvalue weighted by atomic mass is 35.5. The van der Waals surface area contributed by atoms with Gasteiger partial charge in [-0.25, -0.2) is 4.98 Å². The van der Waals surface area contributed by atoms with Gasteiger partial charge >= 0.3 is 0 Å². The molecular weight excluding hydrogens is 374 g/mol. The van der Waals surface area contributed by atoms with Crippen LogP contribution in [-0.4, -0.2) is 32.4 Å². The van der Waals surface area contributed by atoms with Crippen molar-refractivity contribution in [3.8, 4) is 5.75 Å². The molecule has 28 heavy (non-hydrogen) atoms. The molecule has 0 radical (unpaired) electrons. The van der Waals surface area contributed by atoms with E-state index < -0.39 is 5.41 Å². The SMILES string of the molecule is O=C(N1Cc2[nH]cnc2C(c2cccc(O)c2)C1)C1(c2ccc(Cl)cc2)CC1. The average molecular weight is 394 g/mol. The Labute approximate surface area is 168 Å². The van der Waals surface area contributed by atoms with Crippen molar-refractivity contribution in [1.29, 1.82) is 0 Å². The van der Waals surface area contributed by atoms with Gasteiger partial charge in [-0.3, -0.25) is 4.79 Å². The molecule has 1 saturated carbocycles. The Hall–Kier alpha value is -2.79. The van der Waals surface area contributed by atoms with Gasteiger partial charge in [-0.05, 0) is 48.2 Å². The molecule has 0 saturated heterocycles. The number of halogens is 1. The molecule has 0 bridgehead atoms. The minimum atomic E-state index is -0.439. The number of aromatic amines is 1. The smallest absolute Gasteiger partial charge is 0.233 e. The Bertz CT molecular complexity index is 1040. The lowest BCUT2D eigenvalue weighted by Gasteiger charge is -2.35. The molecule has 1 fully saturated rings. The number of aromatic nitrogens is 2. The zero-order chi connectivity index (χ0) is 19.3. The minimum absolute atomic E-state index is 0.0629. The number of phenols is 1. The lowest BCUT2D eigenvalue weighted by molar-refractivity contribution is -0.135. The summed E-state index contributed by atoms with van der Waals surface area (Å²) in [4.78, 5) is 23.2. The molecule has 0 spiro atoms. The van der Waals surface area contributed by atoms with Crippen molar-refractivity contribution in [2.24, 2.45) is 0 Å². The molecule has 2 aromatic carbocycles. The first-order valence-corrected chi connectivity index (χ1v) is 9.81. The van der Waals surface area contributed by atoms with E-state index in [1.54, 1.807) is 18.5 Å². The van der Waals surface area contributed by atoms with Gasteiger partial charge in [0, 0.05) is 17.5 Å². The zero-order valence-corrected chi connectivity index (χ0v) is 16.0. The van der Waals surface area contributed by atoms with E-state index >= 15 is 0 Å². The summed E-state index contributed by atoms with van der Waals surface area (Å²) >= 11 is 6.03. The van der Waals surface area contributed by atoms with Crippen molar-refractivity contribution in [3.05, 3.63) is 82.4 Å². The van der Waals surface area contributed by atoms with E-state index in [0.29, 0.717) is 18.1 Å². The molecule has 3 aromatic rings. The second kappa shape index (κ2) is 6.38. The molecule has 1 aromatic heterocycles. The standard InChI is InChI=1S/C22H20ClN3O2/c23-16-6-4-15(5-7-16)22(8-9-22)21(28)26-11-18(14-2-1-3-17(27)10-14)20-19(12-26)24-13-25-20/h1-7,10,13,18,27H,8-9,11-12H2,(H,24,25). The number of hydrogen-bond donors (Lipinski definition) is 2. The Morgan fingerprint density at radius 1 is 1.21 bits per heavy atom. The number of imidazole rings is 1. The molecule has 5 rings (SSSR count). The van der Waals surface area contributed by atoms with Crippen LogP contribution in [0.4, 0.5) is 0 Å². The summed E-state index contributed by atoms with van der Waals surface area (Å²) in [5.74, 6) is 0.310. The van der Waals surface area contributed by atoms with Crippen LogP contribution in [0.2, 0.25) is 5.02 Å². The number of H-pyrrole nitrogens is 1. The first kappa shape index (κ1) is 17.3. The van der Waals surface area contributed by atoms with Gasteiger partial charge in [0.15, 0.2) is 0 Å². The van der Waals surface area contributed by atoms with Gasteiger partial charge in [0.2, 0.25) is 5.91 Å². The lowest BCUT2D eigenvalue weighted by atomic mass is 9.88. The van der Waals surface area contributed by atoms with Crippen LogP contribution in [0.1, 0.15) is 41.3 Å². The van der Waals surface area contributed by atoms with Crippen LogP contribution in [0.5, 0.6) is 5.75 Å². The molecule has 5 nitrogen and oxygen atoms in total. The van der Waals surface area contributed by atoms with Crippen molar-refractivity contribution in [1.82, 2.24) is 14.9 Å². The summed E-state index contributed by atoms with van der Waals surface area (Å²) in [6.07, 6.45) is 3.40. The fourth-order valence-electron chi connectivity index (χ4n) is 4.30. The average Bonchev–Trinajstić information content (AvgIpc) is 3.37. The topological polar surface area (TPSA) is 69.2 Å².